The van der Waals surface area contributed by atoms with Crippen LogP contribution in [0, 0.1) is 0 Å². The molecule has 0 amide bonds. The highest BCUT2D eigenvalue weighted by Gasteiger charge is 2.34. The molecule has 0 unspecified atom stereocenters. The predicted molar refractivity (Wildman–Crippen MR) is 66.8 cm³/mol. The van der Waals surface area contributed by atoms with Crippen molar-refractivity contribution >= 4 is 27.8 Å². The number of nitrogens with zero attached hydrogens (tertiary/aromatic N) is 3. The smallest absolute Gasteiger partial charge is 0.368 e. The van der Waals surface area contributed by atoms with E-state index in [0.717, 1.165) is 6.07 Å². The van der Waals surface area contributed by atoms with E-state index in [2.05, 4.69) is 30.9 Å². The molecule has 0 saturated heterocycles. The molecular weight excluding hydrogens is 327 g/mol. The van der Waals surface area contributed by atoms with Gasteiger partial charge in [-0.15, -0.1) is 0 Å². The maximum absolute atomic E-state index is 13.0. The number of anilines is 2. The summed E-state index contributed by atoms with van der Waals surface area (Å²) in [6, 6.07) is 3.62. The van der Waals surface area contributed by atoms with Gasteiger partial charge < -0.3 is 11.5 Å². The van der Waals surface area contributed by atoms with Crippen LogP contribution in [0.1, 0.15) is 5.56 Å². The van der Waals surface area contributed by atoms with Crippen molar-refractivity contribution in [1.82, 2.24) is 15.0 Å². The number of nitrogens with two attached hydrogens (primary N) is 2. The van der Waals surface area contributed by atoms with Gasteiger partial charge in [-0.2, -0.15) is 28.1 Å². The van der Waals surface area contributed by atoms with Crippen LogP contribution in [0.3, 0.4) is 0 Å². The number of aromatic nitrogens is 3. The molecule has 2 rings (SSSR count). The molecule has 0 saturated carbocycles. The van der Waals surface area contributed by atoms with Crippen molar-refractivity contribution in [2.24, 2.45) is 0 Å². The molecular formula is C10H7BrF3N5. The molecule has 0 aliphatic rings. The van der Waals surface area contributed by atoms with Crippen molar-refractivity contribution in [3.8, 4) is 11.4 Å². The van der Waals surface area contributed by atoms with Gasteiger partial charge in [-0.25, -0.2) is 0 Å². The first-order valence-corrected chi connectivity index (χ1v) is 5.71. The van der Waals surface area contributed by atoms with E-state index in [1.807, 2.05) is 0 Å². The third-order valence-electron chi connectivity index (χ3n) is 2.20. The van der Waals surface area contributed by atoms with E-state index in [9.17, 15) is 13.2 Å². The van der Waals surface area contributed by atoms with Crippen LogP contribution in [0.4, 0.5) is 25.1 Å². The molecule has 1 aromatic carbocycles. The van der Waals surface area contributed by atoms with Crippen molar-refractivity contribution in [3.05, 3.63) is 28.2 Å². The molecule has 1 aromatic heterocycles. The molecule has 5 nitrogen and oxygen atoms in total. The van der Waals surface area contributed by atoms with Gasteiger partial charge >= 0.3 is 6.18 Å². The van der Waals surface area contributed by atoms with Crippen LogP contribution < -0.4 is 11.5 Å². The molecule has 100 valence electrons. The molecule has 1 heterocycles. The summed E-state index contributed by atoms with van der Waals surface area (Å²) in [5.41, 5.74) is 9.61. The Balaban J connectivity index is 2.68. The first-order valence-electron chi connectivity index (χ1n) is 4.91. The summed E-state index contributed by atoms with van der Waals surface area (Å²) < 4.78 is 39.2. The Bertz CT molecular complexity index is 609. The molecule has 0 fully saturated rings. The molecule has 0 bridgehead atoms. The largest absolute Gasteiger partial charge is 0.417 e. The van der Waals surface area contributed by atoms with Crippen molar-refractivity contribution in [1.29, 1.82) is 0 Å². The monoisotopic (exact) mass is 333 g/mol. The van der Waals surface area contributed by atoms with Crippen LogP contribution in [0.25, 0.3) is 11.4 Å². The van der Waals surface area contributed by atoms with E-state index in [-0.39, 0.29) is 23.3 Å². The average Bonchev–Trinajstić information content (AvgIpc) is 2.26. The van der Waals surface area contributed by atoms with Crippen molar-refractivity contribution < 1.29 is 13.2 Å². The lowest BCUT2D eigenvalue weighted by Crippen LogP contribution is -2.10. The standard InChI is InChI=1S/C10H7BrF3N5/c11-4-1-2-5(6(3-4)10(12,13)14)7-17-8(15)19-9(16)18-7/h1-3H,(H4,15,16,17,18,19). The number of alkyl halides is 3. The number of nitrogen functional groups attached to an aromatic ring is 2. The summed E-state index contributed by atoms with van der Waals surface area (Å²) in [5, 5.41) is 0. The van der Waals surface area contributed by atoms with E-state index in [1.54, 1.807) is 0 Å². The zero-order valence-electron chi connectivity index (χ0n) is 9.24. The molecule has 4 N–H and O–H groups in total. The topological polar surface area (TPSA) is 90.7 Å². The Morgan fingerprint density at radius 3 is 2.11 bits per heavy atom. The van der Waals surface area contributed by atoms with Crippen molar-refractivity contribution in [2.45, 2.75) is 6.18 Å². The molecule has 0 aliphatic heterocycles. The third-order valence-corrected chi connectivity index (χ3v) is 2.69. The lowest BCUT2D eigenvalue weighted by atomic mass is 10.1. The van der Waals surface area contributed by atoms with Gasteiger partial charge in [0.25, 0.3) is 0 Å². The highest BCUT2D eigenvalue weighted by atomic mass is 79.9. The zero-order chi connectivity index (χ0) is 14.2. The number of hydrogen-bond donors (Lipinski definition) is 2. The number of halogens is 4. The van der Waals surface area contributed by atoms with Crippen LogP contribution in [0.2, 0.25) is 0 Å². The second-order valence-corrected chi connectivity index (χ2v) is 4.48. The number of hydrogen-bond acceptors (Lipinski definition) is 5. The van der Waals surface area contributed by atoms with E-state index < -0.39 is 11.7 Å². The van der Waals surface area contributed by atoms with E-state index >= 15 is 0 Å². The maximum Gasteiger partial charge on any atom is 0.417 e. The fourth-order valence-electron chi connectivity index (χ4n) is 1.48. The Morgan fingerprint density at radius 2 is 1.58 bits per heavy atom. The Kier molecular flexibility index (Phi) is 3.31. The van der Waals surface area contributed by atoms with Gasteiger partial charge in [-0.3, -0.25) is 0 Å². The highest BCUT2D eigenvalue weighted by molar-refractivity contribution is 9.10. The summed E-state index contributed by atoms with van der Waals surface area (Å²) in [5.74, 6) is -0.693. The first kappa shape index (κ1) is 13.5. The van der Waals surface area contributed by atoms with Crippen LogP contribution in [0.5, 0.6) is 0 Å². The van der Waals surface area contributed by atoms with Crippen LogP contribution >= 0.6 is 15.9 Å². The van der Waals surface area contributed by atoms with Gasteiger partial charge in [-0.05, 0) is 18.2 Å². The Morgan fingerprint density at radius 1 is 1.00 bits per heavy atom. The van der Waals surface area contributed by atoms with Gasteiger partial charge in [0.2, 0.25) is 11.9 Å². The normalized spacial score (nSPS) is 11.6. The third kappa shape index (κ3) is 2.92. The van der Waals surface area contributed by atoms with Crippen LogP contribution in [-0.2, 0) is 6.18 Å². The van der Waals surface area contributed by atoms with Gasteiger partial charge in [0.05, 0.1) is 5.56 Å². The van der Waals surface area contributed by atoms with E-state index in [0.29, 0.717) is 4.47 Å². The molecule has 19 heavy (non-hydrogen) atoms. The predicted octanol–water partition coefficient (Wildman–Crippen LogP) is 2.48. The SMILES string of the molecule is Nc1nc(N)nc(-c2ccc(Br)cc2C(F)(F)F)n1. The fourth-order valence-corrected chi connectivity index (χ4v) is 1.84. The van der Waals surface area contributed by atoms with Crippen LogP contribution in [-0.4, -0.2) is 15.0 Å². The van der Waals surface area contributed by atoms with Gasteiger partial charge in [0, 0.05) is 10.0 Å². The second kappa shape index (κ2) is 4.65. The molecule has 0 aliphatic carbocycles. The lowest BCUT2D eigenvalue weighted by Gasteiger charge is -2.12. The Labute approximate surface area is 114 Å². The van der Waals surface area contributed by atoms with Gasteiger partial charge in [0.1, 0.15) is 0 Å². The molecule has 2 aromatic rings. The van der Waals surface area contributed by atoms with Gasteiger partial charge in [0.15, 0.2) is 5.82 Å². The number of benzene rings is 1. The quantitative estimate of drug-likeness (QED) is 0.836. The zero-order valence-corrected chi connectivity index (χ0v) is 10.8. The minimum atomic E-state index is -4.55. The van der Waals surface area contributed by atoms with Crippen molar-refractivity contribution in [2.75, 3.05) is 11.5 Å². The van der Waals surface area contributed by atoms with E-state index in [1.165, 1.54) is 12.1 Å². The summed E-state index contributed by atoms with van der Waals surface area (Å²) in [6.45, 7) is 0. The minimum absolute atomic E-state index is 0.212. The van der Waals surface area contributed by atoms with E-state index in [4.69, 9.17) is 11.5 Å². The molecule has 9 heteroatoms. The van der Waals surface area contributed by atoms with Crippen molar-refractivity contribution in [3.63, 3.8) is 0 Å². The first-order chi connectivity index (χ1) is 8.77. The van der Waals surface area contributed by atoms with Gasteiger partial charge in [-0.1, -0.05) is 15.9 Å². The summed E-state index contributed by atoms with van der Waals surface area (Å²) in [6.07, 6.45) is -4.55. The Hall–Kier alpha value is -1.90. The maximum atomic E-state index is 13.0. The number of rotatable bonds is 1. The molecule has 0 radical (unpaired) electrons. The minimum Gasteiger partial charge on any atom is -0.368 e. The summed E-state index contributed by atoms with van der Waals surface area (Å²) in [7, 11) is 0. The highest BCUT2D eigenvalue weighted by Crippen LogP contribution is 2.37. The summed E-state index contributed by atoms with van der Waals surface area (Å²) in [4.78, 5) is 10.8. The summed E-state index contributed by atoms with van der Waals surface area (Å²) >= 11 is 2.99. The molecule has 0 spiro atoms. The van der Waals surface area contributed by atoms with Crippen LogP contribution in [0.15, 0.2) is 22.7 Å². The lowest BCUT2D eigenvalue weighted by molar-refractivity contribution is -0.137. The second-order valence-electron chi connectivity index (χ2n) is 3.56. The molecule has 0 atom stereocenters. The average molecular weight is 334 g/mol. The fraction of sp³-hybridized carbons (Fsp3) is 0.100.